The number of nitrogens with one attached hydrogen (secondary N) is 3. The number of likely N-dealkylation sites (N-methyl/N-ethyl adjacent to an activating group) is 1. The van der Waals surface area contributed by atoms with Crippen molar-refractivity contribution in [1.29, 1.82) is 0 Å². The summed E-state index contributed by atoms with van der Waals surface area (Å²) in [6.45, 7) is 4.99. The van der Waals surface area contributed by atoms with Gasteiger partial charge in [-0.25, -0.2) is 4.79 Å². The van der Waals surface area contributed by atoms with Gasteiger partial charge in [0.2, 0.25) is 0 Å². The Morgan fingerprint density at radius 3 is 2.84 bits per heavy atom. The number of carbonyl (C=O) groups excluding carboxylic acids is 2. The minimum absolute atomic E-state index is 0.428. The number of carbonyl (C=O) groups is 2. The number of hydrogen-bond donors (Lipinski definition) is 4. The van der Waals surface area contributed by atoms with Gasteiger partial charge in [-0.3, -0.25) is 10.1 Å². The van der Waals surface area contributed by atoms with E-state index in [1.54, 1.807) is 24.3 Å². The molecular formula is C17H20ClN4O2S+. The first-order valence-electron chi connectivity index (χ1n) is 8.09. The molecule has 1 atom stereocenters. The number of fused-ring (bicyclic) bond motifs is 1. The summed E-state index contributed by atoms with van der Waals surface area (Å²) in [6.07, 6.45) is 0.797. The molecule has 0 saturated carbocycles. The lowest BCUT2D eigenvalue weighted by molar-refractivity contribution is -0.913. The van der Waals surface area contributed by atoms with Crippen LogP contribution in [-0.2, 0) is 13.0 Å². The maximum atomic E-state index is 12.3. The van der Waals surface area contributed by atoms with Gasteiger partial charge in [0, 0.05) is 17.1 Å². The highest BCUT2D eigenvalue weighted by Crippen LogP contribution is 2.34. The summed E-state index contributed by atoms with van der Waals surface area (Å²) in [5.41, 5.74) is 7.57. The molecule has 2 heterocycles. The fourth-order valence-electron chi connectivity index (χ4n) is 3.02. The first-order chi connectivity index (χ1) is 12.0. The first kappa shape index (κ1) is 17.7. The average molecular weight is 380 g/mol. The molecule has 1 unspecified atom stereocenters. The molecule has 0 saturated heterocycles. The summed E-state index contributed by atoms with van der Waals surface area (Å²) >= 11 is 7.35. The maximum absolute atomic E-state index is 12.3. The third kappa shape index (κ3) is 3.95. The maximum Gasteiger partial charge on any atom is 0.324 e. The number of nitrogens with two attached hydrogens (primary N) is 1. The Labute approximate surface area is 155 Å². The van der Waals surface area contributed by atoms with Gasteiger partial charge >= 0.3 is 6.03 Å². The number of thiophene rings is 1. The lowest BCUT2D eigenvalue weighted by Gasteiger charge is -2.22. The predicted octanol–water partition coefficient (Wildman–Crippen LogP) is 2.11. The highest BCUT2D eigenvalue weighted by molar-refractivity contribution is 7.17. The Bertz CT molecular complexity index is 821. The van der Waals surface area contributed by atoms with Crippen LogP contribution in [-0.4, -0.2) is 25.0 Å². The fraction of sp³-hybridized carbons (Fsp3) is 0.294. The smallest absolute Gasteiger partial charge is 0.324 e. The molecule has 1 aromatic heterocycles. The monoisotopic (exact) mass is 379 g/mol. The second-order valence-corrected chi connectivity index (χ2v) is 7.48. The van der Waals surface area contributed by atoms with E-state index in [-0.39, 0.29) is 0 Å². The summed E-state index contributed by atoms with van der Waals surface area (Å²) < 4.78 is 0. The van der Waals surface area contributed by atoms with Gasteiger partial charge in [-0.1, -0.05) is 17.7 Å². The zero-order chi connectivity index (χ0) is 18.0. The van der Waals surface area contributed by atoms with E-state index in [9.17, 15) is 9.59 Å². The molecule has 0 aliphatic carbocycles. The van der Waals surface area contributed by atoms with Crippen LogP contribution in [0.4, 0.5) is 15.5 Å². The van der Waals surface area contributed by atoms with Crippen molar-refractivity contribution >= 4 is 45.6 Å². The molecule has 5 N–H and O–H groups in total. The van der Waals surface area contributed by atoms with Gasteiger partial charge in [0.1, 0.15) is 11.5 Å². The minimum Gasteiger partial charge on any atom is -0.365 e. The molecule has 25 heavy (non-hydrogen) atoms. The fourth-order valence-corrected chi connectivity index (χ4v) is 4.53. The normalized spacial score (nSPS) is 16.2. The SMILES string of the molecule is CC[NH+]1CCc2c(sc(NC(=O)Nc3cccc(Cl)c3)c2C(N)=O)C1. The summed E-state index contributed by atoms with van der Waals surface area (Å²) in [4.78, 5) is 26.8. The van der Waals surface area contributed by atoms with Crippen molar-refractivity contribution < 1.29 is 14.5 Å². The second-order valence-electron chi connectivity index (χ2n) is 5.94. The zero-order valence-corrected chi connectivity index (χ0v) is 15.4. The van der Waals surface area contributed by atoms with Crippen LogP contribution in [0.15, 0.2) is 24.3 Å². The molecule has 3 amide bonds. The highest BCUT2D eigenvalue weighted by Gasteiger charge is 2.29. The van der Waals surface area contributed by atoms with Gasteiger partial charge in [-0.15, -0.1) is 11.3 Å². The molecule has 0 fully saturated rings. The molecule has 2 aromatic rings. The number of anilines is 2. The number of urea groups is 1. The molecule has 1 aliphatic rings. The highest BCUT2D eigenvalue weighted by atomic mass is 35.5. The Balaban J connectivity index is 1.81. The Morgan fingerprint density at radius 2 is 2.16 bits per heavy atom. The van der Waals surface area contributed by atoms with Crippen LogP contribution in [0.3, 0.4) is 0 Å². The van der Waals surface area contributed by atoms with E-state index in [1.807, 2.05) is 0 Å². The first-order valence-corrected chi connectivity index (χ1v) is 9.28. The number of halogens is 1. The van der Waals surface area contributed by atoms with E-state index in [2.05, 4.69) is 17.6 Å². The van der Waals surface area contributed by atoms with Gasteiger partial charge in [0.05, 0.1) is 23.5 Å². The van der Waals surface area contributed by atoms with Crippen LogP contribution in [0.25, 0.3) is 0 Å². The van der Waals surface area contributed by atoms with Gasteiger partial charge in [0.25, 0.3) is 5.91 Å². The number of amides is 3. The summed E-state index contributed by atoms with van der Waals surface area (Å²) in [5.74, 6) is -0.504. The van der Waals surface area contributed by atoms with Gasteiger partial charge < -0.3 is 16.0 Å². The predicted molar refractivity (Wildman–Crippen MR) is 101 cm³/mol. The van der Waals surface area contributed by atoms with Gasteiger partial charge in [-0.2, -0.15) is 0 Å². The molecular weight excluding hydrogens is 360 g/mol. The quantitative estimate of drug-likeness (QED) is 0.655. The molecule has 3 rings (SSSR count). The molecule has 0 radical (unpaired) electrons. The molecule has 1 aromatic carbocycles. The number of primary amides is 1. The van der Waals surface area contributed by atoms with Gasteiger partial charge in [0.15, 0.2) is 0 Å². The standard InChI is InChI=1S/C17H19ClN4O2S/c1-2-22-7-6-12-13(9-22)25-16(14(12)15(19)23)21-17(24)20-11-5-3-4-10(18)8-11/h3-5,8H,2,6-7,9H2,1H3,(H2,19,23)(H2,20,21,24)/p+1. The minimum atomic E-state index is -0.504. The van der Waals surface area contributed by atoms with Crippen molar-refractivity contribution in [3.8, 4) is 0 Å². The summed E-state index contributed by atoms with van der Waals surface area (Å²) in [6, 6.07) is 6.44. The van der Waals surface area contributed by atoms with E-state index in [1.165, 1.54) is 16.2 Å². The lowest BCUT2D eigenvalue weighted by Crippen LogP contribution is -3.11. The summed E-state index contributed by atoms with van der Waals surface area (Å²) in [5, 5.41) is 6.52. The van der Waals surface area contributed by atoms with E-state index in [4.69, 9.17) is 17.3 Å². The van der Waals surface area contributed by atoms with Crippen LogP contribution in [0.2, 0.25) is 5.02 Å². The van der Waals surface area contributed by atoms with Crippen molar-refractivity contribution in [2.24, 2.45) is 5.73 Å². The largest absolute Gasteiger partial charge is 0.365 e. The lowest BCUT2D eigenvalue weighted by atomic mass is 10.0. The second kappa shape index (κ2) is 7.43. The van der Waals surface area contributed by atoms with E-state index in [0.717, 1.165) is 36.5 Å². The van der Waals surface area contributed by atoms with Crippen LogP contribution < -0.4 is 21.3 Å². The Morgan fingerprint density at radius 1 is 1.36 bits per heavy atom. The van der Waals surface area contributed by atoms with Crippen molar-refractivity contribution in [3.05, 3.63) is 45.3 Å². The third-order valence-electron chi connectivity index (χ3n) is 4.29. The van der Waals surface area contributed by atoms with Crippen molar-refractivity contribution in [3.63, 3.8) is 0 Å². The number of quaternary nitrogens is 1. The molecule has 8 heteroatoms. The average Bonchev–Trinajstić information content (AvgIpc) is 2.91. The Hall–Kier alpha value is -2.09. The molecule has 0 spiro atoms. The Kier molecular flexibility index (Phi) is 5.27. The third-order valence-corrected chi connectivity index (χ3v) is 5.67. The van der Waals surface area contributed by atoms with E-state index in [0.29, 0.717) is 21.3 Å². The zero-order valence-electron chi connectivity index (χ0n) is 13.8. The summed E-state index contributed by atoms with van der Waals surface area (Å²) in [7, 11) is 0. The van der Waals surface area contributed by atoms with Crippen LogP contribution in [0, 0.1) is 0 Å². The van der Waals surface area contributed by atoms with Crippen LogP contribution >= 0.6 is 22.9 Å². The van der Waals surface area contributed by atoms with E-state index >= 15 is 0 Å². The van der Waals surface area contributed by atoms with Crippen molar-refractivity contribution in [2.45, 2.75) is 19.9 Å². The van der Waals surface area contributed by atoms with Crippen LogP contribution in [0.1, 0.15) is 27.7 Å². The number of rotatable bonds is 4. The van der Waals surface area contributed by atoms with Crippen molar-refractivity contribution in [1.82, 2.24) is 0 Å². The number of benzene rings is 1. The van der Waals surface area contributed by atoms with Gasteiger partial charge in [-0.05, 0) is 30.7 Å². The molecule has 1 aliphatic heterocycles. The molecule has 6 nitrogen and oxygen atoms in total. The topological polar surface area (TPSA) is 88.7 Å². The van der Waals surface area contributed by atoms with Crippen LogP contribution in [0.5, 0.6) is 0 Å². The van der Waals surface area contributed by atoms with E-state index < -0.39 is 11.9 Å². The van der Waals surface area contributed by atoms with Crippen molar-refractivity contribution in [2.75, 3.05) is 23.7 Å². The molecule has 0 bridgehead atoms. The molecule has 132 valence electrons. The number of hydrogen-bond acceptors (Lipinski definition) is 3.